The Labute approximate surface area is 132 Å². The fourth-order valence-corrected chi connectivity index (χ4v) is 2.86. The van der Waals surface area contributed by atoms with Gasteiger partial charge in [0, 0.05) is 6.42 Å². The summed E-state index contributed by atoms with van der Waals surface area (Å²) >= 11 is 18.0. The third kappa shape index (κ3) is 2.83. The van der Waals surface area contributed by atoms with Crippen LogP contribution < -0.4 is 10.1 Å². The molecule has 1 aliphatic heterocycles. The summed E-state index contributed by atoms with van der Waals surface area (Å²) in [5, 5.41) is 4.74. The average molecular weight is 329 g/mol. The normalized spacial score (nSPS) is 16.6. The summed E-state index contributed by atoms with van der Waals surface area (Å²) in [6.45, 7) is 0.659. The van der Waals surface area contributed by atoms with Gasteiger partial charge in [-0.3, -0.25) is 0 Å². The van der Waals surface area contributed by atoms with Crippen LogP contribution in [0.15, 0.2) is 36.4 Å². The minimum atomic E-state index is 0.0953. The van der Waals surface area contributed by atoms with Gasteiger partial charge >= 0.3 is 0 Å². The number of ether oxygens (including phenoxy) is 1. The third-order valence-corrected chi connectivity index (χ3v) is 4.28. The van der Waals surface area contributed by atoms with Crippen LogP contribution >= 0.6 is 34.8 Å². The molecular formula is C15H12Cl3NO. The molecule has 5 heteroatoms. The summed E-state index contributed by atoms with van der Waals surface area (Å²) in [7, 11) is 0. The van der Waals surface area contributed by atoms with Crippen LogP contribution in [0.5, 0.6) is 5.75 Å². The first-order valence-electron chi connectivity index (χ1n) is 6.26. The van der Waals surface area contributed by atoms with Gasteiger partial charge in [-0.05, 0) is 23.8 Å². The SMILES string of the molecule is Clc1cc(Cl)c(NCC2Cc3ccccc3O2)cc1Cl. The van der Waals surface area contributed by atoms with Crippen molar-refractivity contribution in [2.24, 2.45) is 0 Å². The Kier molecular flexibility index (Phi) is 3.97. The Hall–Kier alpha value is -1.09. The van der Waals surface area contributed by atoms with Crippen molar-refractivity contribution in [2.45, 2.75) is 12.5 Å². The monoisotopic (exact) mass is 327 g/mol. The van der Waals surface area contributed by atoms with Gasteiger partial charge in [-0.2, -0.15) is 0 Å². The van der Waals surface area contributed by atoms with E-state index in [2.05, 4.69) is 11.4 Å². The number of para-hydroxylation sites is 1. The second-order valence-electron chi connectivity index (χ2n) is 4.68. The van der Waals surface area contributed by atoms with E-state index in [1.807, 2.05) is 18.2 Å². The zero-order chi connectivity index (χ0) is 14.1. The fourth-order valence-electron chi connectivity index (χ4n) is 2.25. The first-order valence-corrected chi connectivity index (χ1v) is 7.40. The Bertz CT molecular complexity index is 620. The highest BCUT2D eigenvalue weighted by Crippen LogP contribution is 2.33. The molecule has 0 bridgehead atoms. The lowest BCUT2D eigenvalue weighted by molar-refractivity contribution is 0.246. The maximum atomic E-state index is 6.13. The molecule has 2 aromatic carbocycles. The van der Waals surface area contributed by atoms with Crippen molar-refractivity contribution in [1.82, 2.24) is 0 Å². The van der Waals surface area contributed by atoms with Crippen LogP contribution in [0.1, 0.15) is 5.56 Å². The molecule has 3 rings (SSSR count). The van der Waals surface area contributed by atoms with Crippen LogP contribution in [0, 0.1) is 0 Å². The standard InChI is InChI=1S/C15H12Cl3NO/c16-11-6-13(18)14(7-12(11)17)19-8-10-5-9-3-1-2-4-15(9)20-10/h1-4,6-7,10,19H,5,8H2. The second kappa shape index (κ2) is 5.72. The summed E-state index contributed by atoms with van der Waals surface area (Å²) in [6, 6.07) is 11.4. The van der Waals surface area contributed by atoms with Gasteiger partial charge in [0.25, 0.3) is 0 Å². The van der Waals surface area contributed by atoms with Gasteiger partial charge in [-0.1, -0.05) is 53.0 Å². The number of rotatable bonds is 3. The number of anilines is 1. The van der Waals surface area contributed by atoms with Crippen LogP contribution in [-0.2, 0) is 6.42 Å². The molecule has 20 heavy (non-hydrogen) atoms. The van der Waals surface area contributed by atoms with Gasteiger partial charge in [0.1, 0.15) is 11.9 Å². The molecule has 1 N–H and O–H groups in total. The van der Waals surface area contributed by atoms with E-state index >= 15 is 0 Å². The molecule has 0 saturated carbocycles. The Morgan fingerprint density at radius 2 is 1.80 bits per heavy atom. The number of hydrogen-bond acceptors (Lipinski definition) is 2. The van der Waals surface area contributed by atoms with E-state index in [-0.39, 0.29) is 6.10 Å². The van der Waals surface area contributed by atoms with Crippen LogP contribution in [-0.4, -0.2) is 12.6 Å². The molecule has 0 radical (unpaired) electrons. The maximum Gasteiger partial charge on any atom is 0.123 e. The molecule has 0 spiro atoms. The van der Waals surface area contributed by atoms with Crippen molar-refractivity contribution in [3.63, 3.8) is 0 Å². The van der Waals surface area contributed by atoms with E-state index in [4.69, 9.17) is 39.5 Å². The molecule has 1 atom stereocenters. The van der Waals surface area contributed by atoms with Gasteiger partial charge in [-0.25, -0.2) is 0 Å². The molecule has 0 fully saturated rings. The molecule has 2 aromatic rings. The van der Waals surface area contributed by atoms with Gasteiger partial charge in [-0.15, -0.1) is 0 Å². The zero-order valence-electron chi connectivity index (χ0n) is 10.5. The topological polar surface area (TPSA) is 21.3 Å². The van der Waals surface area contributed by atoms with Gasteiger partial charge in [0.2, 0.25) is 0 Å². The first-order chi connectivity index (χ1) is 9.63. The van der Waals surface area contributed by atoms with Crippen LogP contribution in [0.25, 0.3) is 0 Å². The van der Waals surface area contributed by atoms with Crippen molar-refractivity contribution >= 4 is 40.5 Å². The maximum absolute atomic E-state index is 6.13. The number of fused-ring (bicyclic) bond motifs is 1. The molecule has 104 valence electrons. The van der Waals surface area contributed by atoms with Crippen LogP contribution in [0.2, 0.25) is 15.1 Å². The quantitative estimate of drug-likeness (QED) is 0.795. The molecule has 2 nitrogen and oxygen atoms in total. The molecular weight excluding hydrogens is 317 g/mol. The number of hydrogen-bond donors (Lipinski definition) is 1. The summed E-state index contributed by atoms with van der Waals surface area (Å²) in [5.74, 6) is 0.958. The predicted molar refractivity (Wildman–Crippen MR) is 84.5 cm³/mol. The highest BCUT2D eigenvalue weighted by Gasteiger charge is 2.22. The lowest BCUT2D eigenvalue weighted by Gasteiger charge is -2.14. The minimum absolute atomic E-state index is 0.0953. The number of benzene rings is 2. The van der Waals surface area contributed by atoms with E-state index in [1.165, 1.54) is 5.56 Å². The minimum Gasteiger partial charge on any atom is -0.488 e. The second-order valence-corrected chi connectivity index (χ2v) is 5.90. The number of halogens is 3. The third-order valence-electron chi connectivity index (χ3n) is 3.24. The first kappa shape index (κ1) is 13.9. The van der Waals surface area contributed by atoms with Crippen LogP contribution in [0.4, 0.5) is 5.69 Å². The van der Waals surface area contributed by atoms with E-state index in [9.17, 15) is 0 Å². The Morgan fingerprint density at radius 1 is 1.05 bits per heavy atom. The molecule has 0 aliphatic carbocycles. The lowest BCUT2D eigenvalue weighted by atomic mass is 10.1. The molecule has 0 amide bonds. The summed E-state index contributed by atoms with van der Waals surface area (Å²) in [4.78, 5) is 0. The van der Waals surface area contributed by atoms with Crippen LogP contribution in [0.3, 0.4) is 0 Å². The summed E-state index contributed by atoms with van der Waals surface area (Å²) in [5.41, 5.74) is 2.00. The summed E-state index contributed by atoms with van der Waals surface area (Å²) in [6.07, 6.45) is 0.986. The van der Waals surface area contributed by atoms with Crippen molar-refractivity contribution in [2.75, 3.05) is 11.9 Å². The number of nitrogens with one attached hydrogen (secondary N) is 1. The van der Waals surface area contributed by atoms with Gasteiger partial charge in [0.05, 0.1) is 27.3 Å². The average Bonchev–Trinajstić information content (AvgIpc) is 2.84. The lowest BCUT2D eigenvalue weighted by Crippen LogP contribution is -2.24. The van der Waals surface area contributed by atoms with E-state index in [1.54, 1.807) is 12.1 Å². The fraction of sp³-hybridized carbons (Fsp3) is 0.200. The van der Waals surface area contributed by atoms with Gasteiger partial charge < -0.3 is 10.1 Å². The Morgan fingerprint density at radius 3 is 2.60 bits per heavy atom. The largest absolute Gasteiger partial charge is 0.488 e. The Balaban J connectivity index is 1.66. The molecule has 0 aromatic heterocycles. The zero-order valence-corrected chi connectivity index (χ0v) is 12.8. The van der Waals surface area contributed by atoms with Gasteiger partial charge in [0.15, 0.2) is 0 Å². The molecule has 1 aliphatic rings. The van der Waals surface area contributed by atoms with Crippen molar-refractivity contribution in [1.29, 1.82) is 0 Å². The van der Waals surface area contributed by atoms with Crippen molar-refractivity contribution < 1.29 is 4.74 Å². The van der Waals surface area contributed by atoms with Crippen molar-refractivity contribution in [3.05, 3.63) is 57.0 Å². The smallest absolute Gasteiger partial charge is 0.123 e. The summed E-state index contributed by atoms with van der Waals surface area (Å²) < 4.78 is 5.86. The highest BCUT2D eigenvalue weighted by atomic mass is 35.5. The van der Waals surface area contributed by atoms with E-state index in [0.717, 1.165) is 17.9 Å². The van der Waals surface area contributed by atoms with E-state index < -0.39 is 0 Å². The molecule has 1 heterocycles. The highest BCUT2D eigenvalue weighted by molar-refractivity contribution is 6.44. The molecule has 0 saturated heterocycles. The molecule has 1 unspecified atom stereocenters. The predicted octanol–water partition coefficient (Wildman–Crippen LogP) is 5.06. The van der Waals surface area contributed by atoms with Crippen molar-refractivity contribution in [3.8, 4) is 5.75 Å². The van der Waals surface area contributed by atoms with E-state index in [0.29, 0.717) is 21.6 Å².